The second kappa shape index (κ2) is 5.73. The number of aromatic nitrogens is 1. The third-order valence-electron chi connectivity index (χ3n) is 3.62. The Kier molecular flexibility index (Phi) is 3.77. The Labute approximate surface area is 133 Å². The minimum atomic E-state index is -0.214. The molecule has 3 rings (SSSR count). The summed E-state index contributed by atoms with van der Waals surface area (Å²) >= 11 is 6.08. The minimum Gasteiger partial charge on any atom is -0.496 e. The predicted molar refractivity (Wildman–Crippen MR) is 88.9 cm³/mol. The van der Waals surface area contributed by atoms with Crippen LogP contribution >= 0.6 is 11.6 Å². The van der Waals surface area contributed by atoms with Crippen molar-refractivity contribution in [2.75, 3.05) is 12.4 Å². The molecule has 112 valence electrons. The number of methoxy groups -OCH3 is 1. The highest BCUT2D eigenvalue weighted by molar-refractivity contribution is 6.33. The van der Waals surface area contributed by atoms with Gasteiger partial charge < -0.3 is 14.6 Å². The number of carbonyl (C=O) groups excluding carboxylic acids is 1. The quantitative estimate of drug-likeness (QED) is 0.791. The average molecular weight is 315 g/mol. The fourth-order valence-corrected chi connectivity index (χ4v) is 2.66. The van der Waals surface area contributed by atoms with Gasteiger partial charge in [0.05, 0.1) is 23.3 Å². The molecule has 0 spiro atoms. The van der Waals surface area contributed by atoms with E-state index in [1.54, 1.807) is 19.2 Å². The highest BCUT2D eigenvalue weighted by atomic mass is 35.5. The minimum absolute atomic E-state index is 0.214. The van der Waals surface area contributed by atoms with Crippen molar-refractivity contribution in [1.29, 1.82) is 0 Å². The summed E-state index contributed by atoms with van der Waals surface area (Å²) in [7, 11) is 3.47. The van der Waals surface area contributed by atoms with Crippen molar-refractivity contribution < 1.29 is 9.53 Å². The van der Waals surface area contributed by atoms with Crippen LogP contribution in [0, 0.1) is 0 Å². The van der Waals surface area contributed by atoms with Crippen molar-refractivity contribution in [2.45, 2.75) is 0 Å². The smallest absolute Gasteiger partial charge is 0.272 e. The molecule has 0 aliphatic carbocycles. The maximum absolute atomic E-state index is 12.5. The number of nitrogens with one attached hydrogen (secondary N) is 1. The van der Waals surface area contributed by atoms with E-state index >= 15 is 0 Å². The first-order chi connectivity index (χ1) is 10.6. The Bertz CT molecular complexity index is 855. The van der Waals surface area contributed by atoms with Crippen molar-refractivity contribution in [1.82, 2.24) is 4.57 Å². The van der Waals surface area contributed by atoms with Gasteiger partial charge in [-0.1, -0.05) is 29.8 Å². The zero-order chi connectivity index (χ0) is 15.7. The Balaban J connectivity index is 2.01. The number of rotatable bonds is 3. The molecule has 0 fully saturated rings. The van der Waals surface area contributed by atoms with E-state index in [0.717, 1.165) is 16.7 Å². The van der Waals surface area contributed by atoms with Crippen molar-refractivity contribution in [3.05, 3.63) is 59.2 Å². The van der Waals surface area contributed by atoms with Crippen LogP contribution in [0.15, 0.2) is 48.5 Å². The van der Waals surface area contributed by atoms with Crippen LogP contribution in [0.4, 0.5) is 5.69 Å². The maximum atomic E-state index is 12.5. The molecule has 0 aliphatic rings. The van der Waals surface area contributed by atoms with E-state index in [0.29, 0.717) is 16.4 Å². The van der Waals surface area contributed by atoms with Gasteiger partial charge in [-0.05, 0) is 30.3 Å². The van der Waals surface area contributed by atoms with Gasteiger partial charge in [-0.15, -0.1) is 0 Å². The molecule has 0 saturated carbocycles. The Morgan fingerprint density at radius 3 is 2.68 bits per heavy atom. The molecule has 0 radical (unpaired) electrons. The third-order valence-corrected chi connectivity index (χ3v) is 3.95. The SMILES string of the molecule is COc1cccc2c1cc(C(=O)Nc1ccccc1Cl)n2C. The maximum Gasteiger partial charge on any atom is 0.272 e. The molecule has 2 aromatic carbocycles. The number of carbonyl (C=O) groups is 1. The van der Waals surface area contributed by atoms with E-state index in [4.69, 9.17) is 16.3 Å². The number of hydrogen-bond donors (Lipinski definition) is 1. The average Bonchev–Trinajstić information content (AvgIpc) is 2.87. The number of amides is 1. The van der Waals surface area contributed by atoms with Gasteiger partial charge in [-0.3, -0.25) is 4.79 Å². The summed E-state index contributed by atoms with van der Waals surface area (Å²) in [6.07, 6.45) is 0. The number of benzene rings is 2. The largest absolute Gasteiger partial charge is 0.496 e. The third kappa shape index (κ3) is 2.42. The van der Waals surface area contributed by atoms with Gasteiger partial charge in [-0.2, -0.15) is 0 Å². The first-order valence-corrected chi connectivity index (χ1v) is 7.18. The molecule has 0 unspecified atom stereocenters. The fourth-order valence-electron chi connectivity index (χ4n) is 2.48. The van der Waals surface area contributed by atoms with Crippen LogP contribution in [-0.2, 0) is 7.05 Å². The fraction of sp³-hybridized carbons (Fsp3) is 0.118. The number of hydrogen-bond acceptors (Lipinski definition) is 2. The highest BCUT2D eigenvalue weighted by Gasteiger charge is 2.16. The molecule has 0 atom stereocenters. The molecule has 1 aromatic heterocycles. The second-order valence-electron chi connectivity index (χ2n) is 4.92. The van der Waals surface area contributed by atoms with Crippen LogP contribution < -0.4 is 10.1 Å². The van der Waals surface area contributed by atoms with E-state index in [2.05, 4.69) is 5.32 Å². The lowest BCUT2D eigenvalue weighted by atomic mass is 10.2. The van der Waals surface area contributed by atoms with Crippen molar-refractivity contribution in [3.8, 4) is 5.75 Å². The second-order valence-corrected chi connectivity index (χ2v) is 5.32. The molecule has 22 heavy (non-hydrogen) atoms. The van der Waals surface area contributed by atoms with Crippen LogP contribution in [-0.4, -0.2) is 17.6 Å². The van der Waals surface area contributed by atoms with Gasteiger partial charge in [0.2, 0.25) is 0 Å². The molecule has 1 heterocycles. The van der Waals surface area contributed by atoms with Crippen LogP contribution in [0.5, 0.6) is 5.75 Å². The monoisotopic (exact) mass is 314 g/mol. The summed E-state index contributed by atoms with van der Waals surface area (Å²) in [6, 6.07) is 14.7. The normalized spacial score (nSPS) is 10.7. The lowest BCUT2D eigenvalue weighted by Gasteiger charge is -2.08. The zero-order valence-electron chi connectivity index (χ0n) is 12.3. The zero-order valence-corrected chi connectivity index (χ0v) is 13.0. The molecule has 1 amide bonds. The van der Waals surface area contributed by atoms with E-state index in [-0.39, 0.29) is 5.91 Å². The number of nitrogens with zero attached hydrogens (tertiary/aromatic N) is 1. The molecular formula is C17H15ClN2O2. The van der Waals surface area contributed by atoms with Gasteiger partial charge in [-0.25, -0.2) is 0 Å². The van der Waals surface area contributed by atoms with Gasteiger partial charge in [0.1, 0.15) is 11.4 Å². The molecule has 3 aromatic rings. The topological polar surface area (TPSA) is 43.3 Å². The Morgan fingerprint density at radius 1 is 1.18 bits per heavy atom. The number of para-hydroxylation sites is 1. The van der Waals surface area contributed by atoms with E-state index in [9.17, 15) is 4.79 Å². The molecular weight excluding hydrogens is 300 g/mol. The van der Waals surface area contributed by atoms with E-state index in [1.165, 1.54) is 0 Å². The molecule has 4 nitrogen and oxygen atoms in total. The number of ether oxygens (including phenoxy) is 1. The van der Waals surface area contributed by atoms with E-state index in [1.807, 2.05) is 48.0 Å². The van der Waals surface area contributed by atoms with Crippen LogP contribution in [0.25, 0.3) is 10.9 Å². The first kappa shape index (κ1) is 14.5. The number of halogens is 1. The van der Waals surface area contributed by atoms with Crippen molar-refractivity contribution >= 4 is 34.1 Å². The summed E-state index contributed by atoms with van der Waals surface area (Å²) in [5.41, 5.74) is 2.06. The van der Waals surface area contributed by atoms with Crippen LogP contribution in [0.1, 0.15) is 10.5 Å². The van der Waals surface area contributed by atoms with Gasteiger partial charge >= 0.3 is 0 Å². The lowest BCUT2D eigenvalue weighted by molar-refractivity contribution is 0.102. The first-order valence-electron chi connectivity index (χ1n) is 6.80. The van der Waals surface area contributed by atoms with Gasteiger partial charge in [0, 0.05) is 12.4 Å². The summed E-state index contributed by atoms with van der Waals surface area (Å²) in [5.74, 6) is 0.527. The summed E-state index contributed by atoms with van der Waals surface area (Å²) in [5, 5.41) is 4.24. The molecule has 0 bridgehead atoms. The van der Waals surface area contributed by atoms with Crippen LogP contribution in [0.3, 0.4) is 0 Å². The number of fused-ring (bicyclic) bond motifs is 1. The molecule has 5 heteroatoms. The lowest BCUT2D eigenvalue weighted by Crippen LogP contribution is -2.15. The Hall–Kier alpha value is -2.46. The molecule has 0 saturated heterocycles. The summed E-state index contributed by atoms with van der Waals surface area (Å²) in [4.78, 5) is 12.5. The molecule has 0 aliphatic heterocycles. The van der Waals surface area contributed by atoms with Crippen molar-refractivity contribution in [2.24, 2.45) is 7.05 Å². The van der Waals surface area contributed by atoms with Crippen LogP contribution in [0.2, 0.25) is 5.02 Å². The summed E-state index contributed by atoms with van der Waals surface area (Å²) in [6.45, 7) is 0. The van der Waals surface area contributed by atoms with Gasteiger partial charge in [0.25, 0.3) is 5.91 Å². The predicted octanol–water partition coefficient (Wildman–Crippen LogP) is 4.09. The van der Waals surface area contributed by atoms with Gasteiger partial charge in [0.15, 0.2) is 0 Å². The van der Waals surface area contributed by atoms with Crippen molar-refractivity contribution in [3.63, 3.8) is 0 Å². The number of anilines is 1. The summed E-state index contributed by atoms with van der Waals surface area (Å²) < 4.78 is 7.18. The number of aryl methyl sites for hydroxylation is 1. The Morgan fingerprint density at radius 2 is 1.95 bits per heavy atom. The standard InChI is InChI=1S/C17H15ClN2O2/c1-20-14-8-5-9-16(22-2)11(14)10-15(20)17(21)19-13-7-4-3-6-12(13)18/h3-10H,1-2H3,(H,19,21). The molecule has 1 N–H and O–H groups in total. The van der Waals surface area contributed by atoms with E-state index < -0.39 is 0 Å². The highest BCUT2D eigenvalue weighted by Crippen LogP contribution is 2.29.